The summed E-state index contributed by atoms with van der Waals surface area (Å²) in [5.74, 6) is -0.746. The lowest BCUT2D eigenvalue weighted by atomic mass is 9.91. The predicted octanol–water partition coefficient (Wildman–Crippen LogP) is 4.79. The Balaban J connectivity index is 1.85. The molecule has 1 aliphatic heterocycles. The Morgan fingerprint density at radius 1 is 1.13 bits per heavy atom. The molecule has 2 aromatic carbocycles. The van der Waals surface area contributed by atoms with Gasteiger partial charge in [-0.1, -0.05) is 62.2 Å². The van der Waals surface area contributed by atoms with Gasteiger partial charge in [0.1, 0.15) is 6.04 Å². The van der Waals surface area contributed by atoms with Crippen molar-refractivity contribution in [2.75, 3.05) is 11.4 Å². The van der Waals surface area contributed by atoms with Crippen LogP contribution in [0, 0.1) is 12.3 Å². The standard InChI is InChI=1S/C25H29ClN2O3/c1-17-8-10-20(11-9-17)28-22(29)15-21(24(28)31)27(23(30)16-25(2,3)4)13-12-18-6-5-7-19(26)14-18/h5-11,14,21H,12-13,15-16H2,1-4H3. The third-order valence-electron chi connectivity index (χ3n) is 5.32. The summed E-state index contributed by atoms with van der Waals surface area (Å²) in [6.07, 6.45) is 0.849. The van der Waals surface area contributed by atoms with Crippen LogP contribution in [0.5, 0.6) is 0 Å². The molecule has 1 heterocycles. The van der Waals surface area contributed by atoms with E-state index in [0.29, 0.717) is 30.1 Å². The highest BCUT2D eigenvalue weighted by Crippen LogP contribution is 2.28. The summed E-state index contributed by atoms with van der Waals surface area (Å²) in [5.41, 5.74) is 2.34. The molecule has 0 N–H and O–H groups in total. The van der Waals surface area contributed by atoms with E-state index in [0.717, 1.165) is 11.1 Å². The zero-order chi connectivity index (χ0) is 22.8. The smallest absolute Gasteiger partial charge is 0.257 e. The van der Waals surface area contributed by atoms with Crippen LogP contribution >= 0.6 is 11.6 Å². The van der Waals surface area contributed by atoms with E-state index >= 15 is 0 Å². The minimum absolute atomic E-state index is 0.00185. The molecule has 5 nitrogen and oxygen atoms in total. The number of nitrogens with zero attached hydrogens (tertiary/aromatic N) is 2. The molecule has 0 spiro atoms. The van der Waals surface area contributed by atoms with E-state index in [1.54, 1.807) is 23.1 Å². The number of carbonyl (C=O) groups is 3. The summed E-state index contributed by atoms with van der Waals surface area (Å²) in [6, 6.07) is 13.9. The van der Waals surface area contributed by atoms with Crippen LogP contribution in [0.3, 0.4) is 0 Å². The summed E-state index contributed by atoms with van der Waals surface area (Å²) in [5, 5.41) is 0.628. The van der Waals surface area contributed by atoms with Crippen molar-refractivity contribution < 1.29 is 14.4 Å². The fourth-order valence-corrected chi connectivity index (χ4v) is 3.99. The van der Waals surface area contributed by atoms with Gasteiger partial charge in [0.25, 0.3) is 5.91 Å². The second kappa shape index (κ2) is 9.23. The Morgan fingerprint density at radius 3 is 2.42 bits per heavy atom. The van der Waals surface area contributed by atoms with Crippen molar-refractivity contribution >= 4 is 35.0 Å². The number of halogens is 1. The van der Waals surface area contributed by atoms with Crippen LogP contribution in [0.2, 0.25) is 5.02 Å². The second-order valence-corrected chi connectivity index (χ2v) is 9.76. The van der Waals surface area contributed by atoms with Gasteiger partial charge in [-0.05, 0) is 48.6 Å². The van der Waals surface area contributed by atoms with Gasteiger partial charge in [-0.3, -0.25) is 14.4 Å². The number of hydrogen-bond acceptors (Lipinski definition) is 3. The monoisotopic (exact) mass is 440 g/mol. The number of benzene rings is 2. The number of anilines is 1. The van der Waals surface area contributed by atoms with E-state index in [1.807, 2.05) is 58.0 Å². The highest BCUT2D eigenvalue weighted by Gasteiger charge is 2.44. The Kier molecular flexibility index (Phi) is 6.85. The first-order chi connectivity index (χ1) is 14.5. The summed E-state index contributed by atoms with van der Waals surface area (Å²) < 4.78 is 0. The average Bonchev–Trinajstić information content (AvgIpc) is 2.96. The lowest BCUT2D eigenvalue weighted by molar-refractivity contribution is -0.139. The zero-order valence-corrected chi connectivity index (χ0v) is 19.3. The Bertz CT molecular complexity index is 979. The SMILES string of the molecule is Cc1ccc(N2C(=O)CC(N(CCc3cccc(Cl)c3)C(=O)CC(C)(C)C)C2=O)cc1. The number of amides is 3. The van der Waals surface area contributed by atoms with Crippen LogP contribution in [-0.4, -0.2) is 35.2 Å². The Labute approximate surface area is 189 Å². The molecule has 1 saturated heterocycles. The van der Waals surface area contributed by atoms with E-state index in [2.05, 4.69) is 0 Å². The van der Waals surface area contributed by atoms with Crippen LogP contribution in [-0.2, 0) is 20.8 Å². The molecule has 0 radical (unpaired) electrons. The van der Waals surface area contributed by atoms with Gasteiger partial charge in [0.15, 0.2) is 0 Å². The number of carbonyl (C=O) groups excluding carboxylic acids is 3. The van der Waals surface area contributed by atoms with Gasteiger partial charge in [-0.25, -0.2) is 4.90 Å². The first-order valence-electron chi connectivity index (χ1n) is 10.5. The average molecular weight is 441 g/mol. The Morgan fingerprint density at radius 2 is 1.81 bits per heavy atom. The summed E-state index contributed by atoms with van der Waals surface area (Å²) in [7, 11) is 0. The topological polar surface area (TPSA) is 57.7 Å². The number of hydrogen-bond donors (Lipinski definition) is 0. The van der Waals surface area contributed by atoms with Gasteiger partial charge >= 0.3 is 0 Å². The predicted molar refractivity (Wildman–Crippen MR) is 123 cm³/mol. The number of aryl methyl sites for hydroxylation is 1. The fourth-order valence-electron chi connectivity index (χ4n) is 3.78. The van der Waals surface area contributed by atoms with Gasteiger partial charge in [-0.2, -0.15) is 0 Å². The highest BCUT2D eigenvalue weighted by molar-refractivity contribution is 6.30. The zero-order valence-electron chi connectivity index (χ0n) is 18.5. The van der Waals surface area contributed by atoms with Crippen LogP contribution in [0.1, 0.15) is 44.7 Å². The Hall–Kier alpha value is -2.66. The van der Waals surface area contributed by atoms with E-state index in [4.69, 9.17) is 11.6 Å². The molecule has 164 valence electrons. The highest BCUT2D eigenvalue weighted by atomic mass is 35.5. The van der Waals surface area contributed by atoms with Gasteiger partial charge in [0.2, 0.25) is 11.8 Å². The molecule has 1 atom stereocenters. The summed E-state index contributed by atoms with van der Waals surface area (Å²) in [4.78, 5) is 42.0. The van der Waals surface area contributed by atoms with Gasteiger partial charge < -0.3 is 4.90 Å². The largest absolute Gasteiger partial charge is 0.330 e. The lowest BCUT2D eigenvalue weighted by Crippen LogP contribution is -2.47. The molecule has 31 heavy (non-hydrogen) atoms. The first kappa shape index (κ1) is 23.0. The molecule has 2 aromatic rings. The minimum Gasteiger partial charge on any atom is -0.330 e. The van der Waals surface area contributed by atoms with Crippen LogP contribution < -0.4 is 4.90 Å². The van der Waals surface area contributed by atoms with E-state index in [-0.39, 0.29) is 29.6 Å². The summed E-state index contributed by atoms with van der Waals surface area (Å²) in [6.45, 7) is 8.25. The summed E-state index contributed by atoms with van der Waals surface area (Å²) >= 11 is 6.09. The molecule has 0 aromatic heterocycles. The van der Waals surface area contributed by atoms with Crippen molar-refractivity contribution in [2.24, 2.45) is 5.41 Å². The molecule has 0 saturated carbocycles. The van der Waals surface area contributed by atoms with Gasteiger partial charge in [-0.15, -0.1) is 0 Å². The van der Waals surface area contributed by atoms with Crippen LogP contribution in [0.15, 0.2) is 48.5 Å². The van der Waals surface area contributed by atoms with Crippen molar-refractivity contribution in [1.29, 1.82) is 0 Å². The molecule has 1 unspecified atom stereocenters. The van der Waals surface area contributed by atoms with Crippen LogP contribution in [0.4, 0.5) is 5.69 Å². The molecular formula is C25H29ClN2O3. The van der Waals surface area contributed by atoms with Gasteiger partial charge in [0, 0.05) is 18.0 Å². The number of rotatable bonds is 6. The number of imide groups is 1. The third kappa shape index (κ3) is 5.73. The van der Waals surface area contributed by atoms with E-state index < -0.39 is 6.04 Å². The molecule has 0 aliphatic carbocycles. The quantitative estimate of drug-likeness (QED) is 0.607. The normalized spacial score (nSPS) is 16.7. The van der Waals surface area contributed by atoms with Crippen molar-refractivity contribution in [1.82, 2.24) is 4.90 Å². The third-order valence-corrected chi connectivity index (χ3v) is 5.56. The maximum absolute atomic E-state index is 13.3. The maximum atomic E-state index is 13.3. The molecule has 3 rings (SSSR count). The lowest BCUT2D eigenvalue weighted by Gasteiger charge is -2.30. The van der Waals surface area contributed by atoms with Crippen molar-refractivity contribution in [3.63, 3.8) is 0 Å². The molecule has 1 aliphatic rings. The molecule has 0 bridgehead atoms. The fraction of sp³-hybridized carbons (Fsp3) is 0.400. The second-order valence-electron chi connectivity index (χ2n) is 9.33. The molecule has 3 amide bonds. The van der Waals surface area contributed by atoms with Gasteiger partial charge in [0.05, 0.1) is 12.1 Å². The molecule has 6 heteroatoms. The molecular weight excluding hydrogens is 412 g/mol. The van der Waals surface area contributed by atoms with Crippen molar-refractivity contribution in [3.05, 3.63) is 64.7 Å². The maximum Gasteiger partial charge on any atom is 0.257 e. The van der Waals surface area contributed by atoms with E-state index in [1.165, 1.54) is 4.90 Å². The van der Waals surface area contributed by atoms with Crippen molar-refractivity contribution in [2.45, 2.75) is 53.0 Å². The molecule has 1 fully saturated rings. The first-order valence-corrected chi connectivity index (χ1v) is 10.9. The van der Waals surface area contributed by atoms with Crippen molar-refractivity contribution in [3.8, 4) is 0 Å². The van der Waals surface area contributed by atoms with Crippen LogP contribution in [0.25, 0.3) is 0 Å². The van der Waals surface area contributed by atoms with E-state index in [9.17, 15) is 14.4 Å². The minimum atomic E-state index is -0.789.